The van der Waals surface area contributed by atoms with Crippen LogP contribution in [0.3, 0.4) is 0 Å². The maximum absolute atomic E-state index is 13.0. The third kappa shape index (κ3) is 10.8. The van der Waals surface area contributed by atoms with Crippen molar-refractivity contribution >= 4 is 136 Å². The standard InChI is InChI=1S/C10H6Cl4F3N2.C9H3Cl4F3N2.C2H6O4S.CH4O4S/c1-18-7-5(13)3(11)4(12)6(14)8(7)19(2)9(18)10(15,16)17;1-18-7-5(13)3(11)2(10)4(12)6(7)17-8(18)9(14,15)16;1-5-7(3,4)6-2;1-5-6(2,3)4/h1-2H3;1H3;1-2H3;1H3,(H,2,3,4)/q+1;;;/p-1. The van der Waals surface area contributed by atoms with Gasteiger partial charge in [-0.25, -0.2) is 22.5 Å². The summed E-state index contributed by atoms with van der Waals surface area (Å²) in [6, 6.07) is 0. The molecule has 0 aliphatic rings. The first-order valence-electron chi connectivity index (χ1n) is 11.8. The second kappa shape index (κ2) is 17.4. The zero-order chi connectivity index (χ0) is 39.6. The van der Waals surface area contributed by atoms with Crippen LogP contribution in [0, 0.1) is 0 Å². The molecule has 0 aliphatic heterocycles. The Morgan fingerprint density at radius 2 is 1.02 bits per heavy atom. The minimum Gasteiger partial charge on any atom is -0.726 e. The van der Waals surface area contributed by atoms with Crippen LogP contribution < -0.4 is 4.57 Å². The number of nitrogens with zero attached hydrogens (tertiary/aromatic N) is 4. The molecule has 0 saturated heterocycles. The number of alkyl halides is 6. The lowest BCUT2D eigenvalue weighted by molar-refractivity contribution is -0.667. The van der Waals surface area contributed by atoms with E-state index in [-0.39, 0.29) is 62.2 Å². The lowest BCUT2D eigenvalue weighted by atomic mass is 10.3. The number of aryl methyl sites for hydroxylation is 3. The van der Waals surface area contributed by atoms with Crippen molar-refractivity contribution in [3.8, 4) is 0 Å². The molecule has 0 radical (unpaired) electrons. The SMILES string of the molecule is COS(=O)(=O)OC.COS(=O)(=O)[O-].Cn1c(C(F)(F)F)[n+](C)c2c(Cl)c(Cl)c(Cl)c(Cl)c21.Cn1c(C(F)(F)F)nc2c(Cl)c(Cl)c(Cl)c(Cl)c21. The van der Waals surface area contributed by atoms with E-state index in [1.54, 1.807) is 0 Å². The highest BCUT2D eigenvalue weighted by molar-refractivity contribution is 7.81. The number of hydrogen-bond donors (Lipinski definition) is 0. The second-order valence-electron chi connectivity index (χ2n) is 8.65. The first-order valence-corrected chi connectivity index (χ1v) is 17.5. The molecule has 12 nitrogen and oxygen atoms in total. The molecule has 2 aromatic heterocycles. The van der Waals surface area contributed by atoms with Gasteiger partial charge in [0.15, 0.2) is 11.0 Å². The summed E-state index contributed by atoms with van der Waals surface area (Å²) in [5, 5.41) is -0.792. The van der Waals surface area contributed by atoms with Crippen LogP contribution in [-0.2, 0) is 66.8 Å². The van der Waals surface area contributed by atoms with Crippen LogP contribution in [0.4, 0.5) is 26.3 Å². The number of fused-ring (bicyclic) bond motifs is 2. The van der Waals surface area contributed by atoms with E-state index in [0.717, 1.165) is 35.0 Å². The third-order valence-electron chi connectivity index (χ3n) is 5.73. The van der Waals surface area contributed by atoms with Crippen LogP contribution >= 0.6 is 92.8 Å². The van der Waals surface area contributed by atoms with Crippen molar-refractivity contribution in [1.82, 2.24) is 14.1 Å². The molecule has 0 N–H and O–H groups in total. The van der Waals surface area contributed by atoms with Crippen LogP contribution in [0.25, 0.3) is 22.1 Å². The highest BCUT2D eigenvalue weighted by Crippen LogP contribution is 2.45. The van der Waals surface area contributed by atoms with Gasteiger partial charge in [0.1, 0.15) is 15.6 Å². The van der Waals surface area contributed by atoms with Crippen molar-refractivity contribution in [3.05, 3.63) is 51.8 Å². The maximum atomic E-state index is 13.0. The molecule has 28 heteroatoms. The summed E-state index contributed by atoms with van der Waals surface area (Å²) in [5.41, 5.74) is 0.0149. The van der Waals surface area contributed by atoms with Gasteiger partial charge in [0, 0.05) is 7.05 Å². The van der Waals surface area contributed by atoms with Crippen LogP contribution in [0.2, 0.25) is 40.2 Å². The molecule has 0 aliphatic carbocycles. The van der Waals surface area contributed by atoms with E-state index in [1.165, 1.54) is 21.1 Å². The summed E-state index contributed by atoms with van der Waals surface area (Å²) in [7, 11) is -1.57. The normalized spacial score (nSPS) is 12.3. The van der Waals surface area contributed by atoms with Gasteiger partial charge in [-0.1, -0.05) is 92.8 Å². The van der Waals surface area contributed by atoms with Gasteiger partial charge in [-0.05, 0) is 0 Å². The van der Waals surface area contributed by atoms with Crippen LogP contribution in [0.1, 0.15) is 11.6 Å². The molecule has 50 heavy (non-hydrogen) atoms. The third-order valence-corrected chi connectivity index (χ3v) is 10.5. The summed E-state index contributed by atoms with van der Waals surface area (Å²) >= 11 is 46.9. The first kappa shape index (κ1) is 47.0. The number of aromatic nitrogens is 4. The topological polar surface area (TPSA) is 146 Å². The fourth-order valence-corrected chi connectivity index (χ4v) is 5.89. The van der Waals surface area contributed by atoms with Gasteiger partial charge < -0.3 is 9.12 Å². The number of rotatable bonds is 3. The molecular formula is C22H18Cl8F6N4O8S2. The Bertz CT molecular complexity index is 2070. The summed E-state index contributed by atoms with van der Waals surface area (Å²) in [6.07, 6.45) is -9.19. The molecule has 0 unspecified atom stereocenters. The molecule has 0 bridgehead atoms. The fraction of sp³-hybridized carbons (Fsp3) is 0.364. The van der Waals surface area contributed by atoms with E-state index in [2.05, 4.69) is 17.5 Å². The molecule has 0 saturated carbocycles. The summed E-state index contributed by atoms with van der Waals surface area (Å²) < 4.78 is 138. The predicted molar refractivity (Wildman–Crippen MR) is 175 cm³/mol. The first-order chi connectivity index (χ1) is 22.4. The summed E-state index contributed by atoms with van der Waals surface area (Å²) in [6.45, 7) is 0. The molecule has 0 amide bonds. The van der Waals surface area contributed by atoms with Crippen LogP contribution in [0.5, 0.6) is 0 Å². The van der Waals surface area contributed by atoms with Gasteiger partial charge in [-0.15, -0.1) is 0 Å². The van der Waals surface area contributed by atoms with Gasteiger partial charge in [0.2, 0.25) is 16.2 Å². The average molecular weight is 928 g/mol. The van der Waals surface area contributed by atoms with Crippen molar-refractivity contribution in [2.45, 2.75) is 12.4 Å². The smallest absolute Gasteiger partial charge is 0.495 e. The average Bonchev–Trinajstić information content (AvgIpc) is 3.50. The van der Waals surface area contributed by atoms with Gasteiger partial charge >= 0.3 is 28.6 Å². The van der Waals surface area contributed by atoms with E-state index < -0.39 is 44.8 Å². The molecule has 0 fully saturated rings. The monoisotopic (exact) mass is 924 g/mol. The number of halogens is 14. The van der Waals surface area contributed by atoms with Gasteiger partial charge in [0.25, 0.3) is 0 Å². The maximum Gasteiger partial charge on any atom is 0.495 e. The lowest BCUT2D eigenvalue weighted by Crippen LogP contribution is -2.38. The van der Waals surface area contributed by atoms with Crippen molar-refractivity contribution in [3.63, 3.8) is 0 Å². The Labute approximate surface area is 319 Å². The zero-order valence-electron chi connectivity index (χ0n) is 25.2. The van der Waals surface area contributed by atoms with Crippen molar-refractivity contribution in [1.29, 1.82) is 0 Å². The largest absolute Gasteiger partial charge is 0.726 e. The van der Waals surface area contributed by atoms with E-state index in [0.29, 0.717) is 0 Å². The number of hydrogen-bond acceptors (Lipinski definition) is 9. The molecule has 0 atom stereocenters. The number of imidazole rings is 2. The van der Waals surface area contributed by atoms with Crippen molar-refractivity contribution in [2.75, 3.05) is 21.3 Å². The molecular weight excluding hydrogens is 910 g/mol. The molecule has 4 rings (SSSR count). The van der Waals surface area contributed by atoms with Crippen molar-refractivity contribution in [2.24, 2.45) is 21.1 Å². The second-order valence-corrected chi connectivity index (χ2v) is 14.3. The molecule has 4 aromatic rings. The van der Waals surface area contributed by atoms with Crippen LogP contribution in [0.15, 0.2) is 0 Å². The van der Waals surface area contributed by atoms with Gasteiger partial charge in [-0.3, -0.25) is 12.5 Å². The molecule has 2 aromatic carbocycles. The zero-order valence-corrected chi connectivity index (χ0v) is 32.8. The Kier molecular flexibility index (Phi) is 16.4. The quantitative estimate of drug-likeness (QED) is 0.0494. The van der Waals surface area contributed by atoms with E-state index >= 15 is 0 Å². The lowest BCUT2D eigenvalue weighted by Gasteiger charge is -2.07. The Balaban J connectivity index is 0.000000373. The Hall–Kier alpha value is -0.980. The Morgan fingerprint density at radius 3 is 1.36 bits per heavy atom. The van der Waals surface area contributed by atoms with Crippen LogP contribution in [-0.4, -0.2) is 56.8 Å². The minimum atomic E-state index is -4.63. The van der Waals surface area contributed by atoms with Gasteiger partial charge in [0.05, 0.1) is 71.1 Å². The summed E-state index contributed by atoms with van der Waals surface area (Å²) in [4.78, 5) is 3.42. The highest BCUT2D eigenvalue weighted by atomic mass is 35.5. The number of benzene rings is 2. The van der Waals surface area contributed by atoms with E-state index in [4.69, 9.17) is 92.8 Å². The van der Waals surface area contributed by atoms with Gasteiger partial charge in [-0.2, -0.15) is 34.8 Å². The molecule has 284 valence electrons. The van der Waals surface area contributed by atoms with Crippen molar-refractivity contribution < 1.29 is 64.8 Å². The highest BCUT2D eigenvalue weighted by Gasteiger charge is 2.46. The molecule has 0 spiro atoms. The summed E-state index contributed by atoms with van der Waals surface area (Å²) in [5.74, 6) is -2.04. The predicted octanol–water partition coefficient (Wildman–Crippen LogP) is 8.46. The molecule has 2 heterocycles. The van der Waals surface area contributed by atoms with E-state index in [1.807, 2.05) is 0 Å². The fourth-order valence-electron chi connectivity index (χ4n) is 3.66. The minimum absolute atomic E-state index is 0.0107. The Morgan fingerprint density at radius 1 is 0.640 bits per heavy atom. The van der Waals surface area contributed by atoms with E-state index in [9.17, 15) is 47.7 Å².